The molecule has 0 aliphatic rings. The van der Waals surface area contributed by atoms with Gasteiger partial charge in [-0.2, -0.15) is 0 Å². The van der Waals surface area contributed by atoms with Crippen molar-refractivity contribution in [1.29, 1.82) is 0 Å². The zero-order chi connectivity index (χ0) is 9.84. The molecule has 70 valence electrons. The molecule has 13 heavy (non-hydrogen) atoms. The van der Waals surface area contributed by atoms with Crippen molar-refractivity contribution in [3.8, 4) is 0 Å². The first kappa shape index (κ1) is 9.95. The van der Waals surface area contributed by atoms with Crippen LogP contribution >= 0.6 is 11.6 Å². The zero-order valence-corrected chi connectivity index (χ0v) is 7.66. The SMILES string of the molecule is NC(=O)C(N)Cc1cncc(Cl)c1. The minimum absolute atomic E-state index is 0.364. The average molecular weight is 200 g/mol. The van der Waals surface area contributed by atoms with E-state index in [2.05, 4.69) is 4.98 Å². The molecule has 0 spiro atoms. The van der Waals surface area contributed by atoms with Gasteiger partial charge >= 0.3 is 0 Å². The Bertz CT molecular complexity index is 316. The van der Waals surface area contributed by atoms with Crippen molar-refractivity contribution in [1.82, 2.24) is 4.98 Å². The molecule has 0 saturated carbocycles. The van der Waals surface area contributed by atoms with Crippen molar-refractivity contribution < 1.29 is 4.79 Å². The van der Waals surface area contributed by atoms with E-state index in [1.807, 2.05) is 0 Å². The van der Waals surface area contributed by atoms with Gasteiger partial charge in [-0.1, -0.05) is 11.6 Å². The van der Waals surface area contributed by atoms with Gasteiger partial charge < -0.3 is 11.5 Å². The van der Waals surface area contributed by atoms with Gasteiger partial charge in [0.2, 0.25) is 5.91 Å². The van der Waals surface area contributed by atoms with Crippen LogP contribution in [-0.4, -0.2) is 16.9 Å². The summed E-state index contributed by atoms with van der Waals surface area (Å²) in [6.07, 6.45) is 3.48. The molecule has 0 aliphatic heterocycles. The largest absolute Gasteiger partial charge is 0.368 e. The lowest BCUT2D eigenvalue weighted by Gasteiger charge is -2.06. The molecule has 1 unspecified atom stereocenters. The normalized spacial score (nSPS) is 12.5. The van der Waals surface area contributed by atoms with E-state index in [-0.39, 0.29) is 0 Å². The van der Waals surface area contributed by atoms with E-state index in [1.165, 1.54) is 6.20 Å². The van der Waals surface area contributed by atoms with Gasteiger partial charge in [0.1, 0.15) is 0 Å². The number of hydrogen-bond donors (Lipinski definition) is 2. The molecule has 4 N–H and O–H groups in total. The number of nitrogens with zero attached hydrogens (tertiary/aromatic N) is 1. The van der Waals surface area contributed by atoms with Gasteiger partial charge in [0, 0.05) is 12.4 Å². The predicted molar refractivity (Wildman–Crippen MR) is 50.1 cm³/mol. The fourth-order valence-electron chi connectivity index (χ4n) is 0.922. The van der Waals surface area contributed by atoms with Crippen LogP contribution in [0.4, 0.5) is 0 Å². The number of rotatable bonds is 3. The van der Waals surface area contributed by atoms with Crippen molar-refractivity contribution in [2.45, 2.75) is 12.5 Å². The monoisotopic (exact) mass is 199 g/mol. The first-order chi connectivity index (χ1) is 6.09. The van der Waals surface area contributed by atoms with Crippen molar-refractivity contribution in [3.05, 3.63) is 29.0 Å². The molecule has 0 aliphatic carbocycles. The molecule has 1 aromatic rings. The van der Waals surface area contributed by atoms with Crippen molar-refractivity contribution in [2.24, 2.45) is 11.5 Å². The van der Waals surface area contributed by atoms with Crippen LogP contribution < -0.4 is 11.5 Å². The summed E-state index contributed by atoms with van der Waals surface area (Å²) in [6.45, 7) is 0. The Morgan fingerprint density at radius 2 is 2.31 bits per heavy atom. The van der Waals surface area contributed by atoms with Gasteiger partial charge in [-0.25, -0.2) is 0 Å². The molecule has 1 heterocycles. The van der Waals surface area contributed by atoms with Gasteiger partial charge in [-0.05, 0) is 18.1 Å². The van der Waals surface area contributed by atoms with Crippen molar-refractivity contribution in [3.63, 3.8) is 0 Å². The molecular formula is C8H10ClN3O. The summed E-state index contributed by atoms with van der Waals surface area (Å²) in [7, 11) is 0. The molecule has 0 saturated heterocycles. The minimum atomic E-state index is -0.680. The second-order valence-electron chi connectivity index (χ2n) is 2.72. The van der Waals surface area contributed by atoms with E-state index < -0.39 is 11.9 Å². The van der Waals surface area contributed by atoms with Gasteiger partial charge in [0.15, 0.2) is 0 Å². The third kappa shape index (κ3) is 3.01. The van der Waals surface area contributed by atoms with Crippen molar-refractivity contribution >= 4 is 17.5 Å². The number of carbonyl (C=O) groups excluding carboxylic acids is 1. The Kier molecular flexibility index (Phi) is 3.22. The molecule has 0 radical (unpaired) electrons. The Morgan fingerprint density at radius 3 is 2.85 bits per heavy atom. The van der Waals surface area contributed by atoms with E-state index >= 15 is 0 Å². The number of primary amides is 1. The fraction of sp³-hybridized carbons (Fsp3) is 0.250. The number of aromatic nitrogens is 1. The van der Waals surface area contributed by atoms with Crippen LogP contribution in [0, 0.1) is 0 Å². The van der Waals surface area contributed by atoms with Crippen LogP contribution in [0.25, 0.3) is 0 Å². The smallest absolute Gasteiger partial charge is 0.234 e. The highest BCUT2D eigenvalue weighted by Gasteiger charge is 2.09. The summed E-state index contributed by atoms with van der Waals surface area (Å²) in [5.74, 6) is -0.528. The quantitative estimate of drug-likeness (QED) is 0.724. The molecule has 0 bridgehead atoms. The molecule has 1 atom stereocenters. The van der Waals surface area contributed by atoms with Crippen LogP contribution in [0.5, 0.6) is 0 Å². The predicted octanol–water partition coefficient (Wildman–Crippen LogP) is 0.0901. The Hall–Kier alpha value is -1.13. The minimum Gasteiger partial charge on any atom is -0.368 e. The van der Waals surface area contributed by atoms with Crippen LogP contribution in [0.2, 0.25) is 5.02 Å². The molecular weight excluding hydrogens is 190 g/mol. The molecule has 4 nitrogen and oxygen atoms in total. The number of hydrogen-bond acceptors (Lipinski definition) is 3. The molecule has 1 rings (SSSR count). The Balaban J connectivity index is 2.69. The topological polar surface area (TPSA) is 82.0 Å². The first-order valence-corrected chi connectivity index (χ1v) is 4.11. The summed E-state index contributed by atoms with van der Waals surface area (Å²) in [5, 5.41) is 0.522. The second kappa shape index (κ2) is 4.20. The first-order valence-electron chi connectivity index (χ1n) is 3.74. The van der Waals surface area contributed by atoms with E-state index in [0.717, 1.165) is 5.56 Å². The number of pyridine rings is 1. The maximum Gasteiger partial charge on any atom is 0.234 e. The summed E-state index contributed by atoms with van der Waals surface area (Å²) in [4.78, 5) is 14.5. The summed E-state index contributed by atoms with van der Waals surface area (Å²) in [6, 6.07) is 1.03. The highest BCUT2D eigenvalue weighted by atomic mass is 35.5. The lowest BCUT2D eigenvalue weighted by Crippen LogP contribution is -2.38. The standard InChI is InChI=1S/C8H10ClN3O/c9-6-1-5(3-12-4-6)2-7(10)8(11)13/h1,3-4,7H,2,10H2,(H2,11,13). The van der Waals surface area contributed by atoms with E-state index in [4.69, 9.17) is 23.1 Å². The van der Waals surface area contributed by atoms with E-state index in [0.29, 0.717) is 11.4 Å². The average Bonchev–Trinajstić information content (AvgIpc) is 2.04. The lowest BCUT2D eigenvalue weighted by molar-refractivity contribution is -0.119. The summed E-state index contributed by atoms with van der Waals surface area (Å²) < 4.78 is 0. The third-order valence-electron chi connectivity index (χ3n) is 1.58. The van der Waals surface area contributed by atoms with E-state index in [1.54, 1.807) is 12.3 Å². The van der Waals surface area contributed by atoms with Crippen LogP contribution in [0.1, 0.15) is 5.56 Å². The third-order valence-corrected chi connectivity index (χ3v) is 1.79. The zero-order valence-electron chi connectivity index (χ0n) is 6.90. The van der Waals surface area contributed by atoms with Crippen LogP contribution in [0.15, 0.2) is 18.5 Å². The number of nitrogens with two attached hydrogens (primary N) is 2. The summed E-state index contributed by atoms with van der Waals surface area (Å²) in [5.41, 5.74) is 11.3. The number of carbonyl (C=O) groups is 1. The fourth-order valence-corrected chi connectivity index (χ4v) is 1.12. The van der Waals surface area contributed by atoms with Gasteiger partial charge in [0.25, 0.3) is 0 Å². The maximum atomic E-state index is 10.6. The molecule has 0 fully saturated rings. The Labute approximate surface area is 80.9 Å². The number of amides is 1. The molecule has 5 heteroatoms. The number of halogens is 1. The lowest BCUT2D eigenvalue weighted by atomic mass is 10.1. The highest BCUT2D eigenvalue weighted by Crippen LogP contribution is 2.09. The molecule has 0 aromatic carbocycles. The molecule has 1 amide bonds. The highest BCUT2D eigenvalue weighted by molar-refractivity contribution is 6.30. The van der Waals surface area contributed by atoms with Gasteiger partial charge in [0.05, 0.1) is 11.1 Å². The van der Waals surface area contributed by atoms with Crippen molar-refractivity contribution in [2.75, 3.05) is 0 Å². The Morgan fingerprint density at radius 1 is 1.62 bits per heavy atom. The maximum absolute atomic E-state index is 10.6. The van der Waals surface area contributed by atoms with Gasteiger partial charge in [-0.15, -0.1) is 0 Å². The van der Waals surface area contributed by atoms with E-state index in [9.17, 15) is 4.79 Å². The van der Waals surface area contributed by atoms with Gasteiger partial charge in [-0.3, -0.25) is 9.78 Å². The summed E-state index contributed by atoms with van der Waals surface area (Å²) >= 11 is 5.69. The van der Waals surface area contributed by atoms with Crippen LogP contribution in [0.3, 0.4) is 0 Å². The second-order valence-corrected chi connectivity index (χ2v) is 3.16. The van der Waals surface area contributed by atoms with Crippen LogP contribution in [-0.2, 0) is 11.2 Å². The molecule has 1 aromatic heterocycles.